The molecule has 0 amide bonds. The molecule has 3 N–H and O–H groups in total. The van der Waals surface area contributed by atoms with Gasteiger partial charge < -0.3 is 15.5 Å². The summed E-state index contributed by atoms with van der Waals surface area (Å²) in [6.07, 6.45) is 1.53. The summed E-state index contributed by atoms with van der Waals surface area (Å²) in [4.78, 5) is 10.9. The Morgan fingerprint density at radius 1 is 1.50 bits per heavy atom. The Kier molecular flexibility index (Phi) is 2.55. The van der Waals surface area contributed by atoms with Gasteiger partial charge in [0.2, 0.25) is 0 Å². The first-order chi connectivity index (χ1) is 7.58. The number of carboxylic acids is 1. The van der Waals surface area contributed by atoms with Crippen LogP contribution in [0.15, 0.2) is 18.2 Å². The largest absolute Gasteiger partial charge is 0.478 e. The van der Waals surface area contributed by atoms with Crippen LogP contribution in [0.25, 0.3) is 0 Å². The molecule has 0 spiro atoms. The highest BCUT2D eigenvalue weighted by atomic mass is 19.1. The van der Waals surface area contributed by atoms with Crippen LogP contribution in [-0.4, -0.2) is 28.3 Å². The summed E-state index contributed by atoms with van der Waals surface area (Å²) in [6.45, 7) is -0.0808. The maximum absolute atomic E-state index is 13.3. The fourth-order valence-electron chi connectivity index (χ4n) is 1.60. The molecule has 0 aliphatic heterocycles. The molecule has 86 valence electrons. The van der Waals surface area contributed by atoms with Crippen molar-refractivity contribution in [2.45, 2.75) is 18.4 Å². The van der Waals surface area contributed by atoms with E-state index in [0.717, 1.165) is 18.9 Å². The number of aromatic carboxylic acids is 1. The minimum atomic E-state index is -1.31. The van der Waals surface area contributed by atoms with Gasteiger partial charge >= 0.3 is 5.97 Å². The van der Waals surface area contributed by atoms with Crippen LogP contribution in [0.2, 0.25) is 0 Å². The normalized spacial score (nSPS) is 16.9. The van der Waals surface area contributed by atoms with E-state index in [-0.39, 0.29) is 17.9 Å². The average molecular weight is 225 g/mol. The molecule has 1 aliphatic rings. The van der Waals surface area contributed by atoms with E-state index >= 15 is 0 Å². The van der Waals surface area contributed by atoms with Gasteiger partial charge in [0.05, 0.1) is 17.8 Å². The standard InChI is InChI=1S/C11H12FNO3/c12-7-2-1-3-8(9(7)10(15)16)13-11(6-14)4-5-11/h1-3,13-14H,4-6H2,(H,15,16). The van der Waals surface area contributed by atoms with Crippen molar-refractivity contribution in [3.63, 3.8) is 0 Å². The monoisotopic (exact) mass is 225 g/mol. The molecule has 1 aliphatic carbocycles. The second kappa shape index (κ2) is 3.75. The third kappa shape index (κ3) is 1.86. The second-order valence-corrected chi connectivity index (χ2v) is 4.03. The zero-order chi connectivity index (χ0) is 11.8. The van der Waals surface area contributed by atoms with Crippen LogP contribution in [0.4, 0.5) is 10.1 Å². The molecule has 16 heavy (non-hydrogen) atoms. The van der Waals surface area contributed by atoms with Crippen LogP contribution in [0.1, 0.15) is 23.2 Å². The van der Waals surface area contributed by atoms with Crippen molar-refractivity contribution in [1.29, 1.82) is 0 Å². The number of hydrogen-bond acceptors (Lipinski definition) is 3. The summed E-state index contributed by atoms with van der Waals surface area (Å²) < 4.78 is 13.3. The molecule has 0 aromatic heterocycles. The maximum atomic E-state index is 13.3. The predicted octanol–water partition coefficient (Wildman–Crippen LogP) is 1.46. The summed E-state index contributed by atoms with van der Waals surface area (Å²) in [7, 11) is 0. The summed E-state index contributed by atoms with van der Waals surface area (Å²) in [6, 6.07) is 4.05. The molecule has 0 heterocycles. The lowest BCUT2D eigenvalue weighted by atomic mass is 10.1. The fraction of sp³-hybridized carbons (Fsp3) is 0.364. The minimum Gasteiger partial charge on any atom is -0.478 e. The zero-order valence-electron chi connectivity index (χ0n) is 8.53. The van der Waals surface area contributed by atoms with Gasteiger partial charge in [-0.15, -0.1) is 0 Å². The van der Waals surface area contributed by atoms with E-state index < -0.39 is 17.3 Å². The van der Waals surface area contributed by atoms with E-state index in [1.54, 1.807) is 0 Å². The lowest BCUT2D eigenvalue weighted by molar-refractivity contribution is 0.0693. The maximum Gasteiger partial charge on any atom is 0.340 e. The van der Waals surface area contributed by atoms with E-state index in [0.29, 0.717) is 0 Å². The van der Waals surface area contributed by atoms with Crippen molar-refractivity contribution < 1.29 is 19.4 Å². The molecule has 0 bridgehead atoms. The van der Waals surface area contributed by atoms with Gasteiger partial charge in [-0.3, -0.25) is 0 Å². The average Bonchev–Trinajstić information content (AvgIpc) is 2.98. The Morgan fingerprint density at radius 3 is 2.69 bits per heavy atom. The highest BCUT2D eigenvalue weighted by Crippen LogP contribution is 2.39. The Bertz CT molecular complexity index is 429. The van der Waals surface area contributed by atoms with Gasteiger partial charge in [0, 0.05) is 0 Å². The predicted molar refractivity (Wildman–Crippen MR) is 56.0 cm³/mol. The number of anilines is 1. The smallest absolute Gasteiger partial charge is 0.340 e. The summed E-state index contributed by atoms with van der Waals surface area (Å²) in [5.74, 6) is -2.08. The number of hydrogen-bond donors (Lipinski definition) is 3. The third-order valence-electron chi connectivity index (χ3n) is 2.78. The molecular formula is C11H12FNO3. The zero-order valence-corrected chi connectivity index (χ0v) is 8.53. The fourth-order valence-corrected chi connectivity index (χ4v) is 1.60. The molecule has 4 nitrogen and oxygen atoms in total. The number of aliphatic hydroxyl groups excluding tert-OH is 1. The highest BCUT2D eigenvalue weighted by Gasteiger charge is 2.42. The van der Waals surface area contributed by atoms with E-state index in [4.69, 9.17) is 10.2 Å². The van der Waals surface area contributed by atoms with Crippen LogP contribution in [0.3, 0.4) is 0 Å². The first-order valence-corrected chi connectivity index (χ1v) is 4.99. The molecule has 1 fully saturated rings. The van der Waals surface area contributed by atoms with Crippen molar-refractivity contribution in [3.05, 3.63) is 29.6 Å². The Balaban J connectivity index is 2.33. The first kappa shape index (κ1) is 10.9. The number of benzene rings is 1. The van der Waals surface area contributed by atoms with E-state index in [1.165, 1.54) is 12.1 Å². The molecule has 1 aromatic carbocycles. The highest BCUT2D eigenvalue weighted by molar-refractivity contribution is 5.94. The number of nitrogens with one attached hydrogen (secondary N) is 1. The SMILES string of the molecule is O=C(O)c1c(F)cccc1NC1(CO)CC1. The second-order valence-electron chi connectivity index (χ2n) is 4.03. The van der Waals surface area contributed by atoms with Crippen molar-refractivity contribution in [2.24, 2.45) is 0 Å². The quantitative estimate of drug-likeness (QED) is 0.725. The Labute approximate surface area is 91.7 Å². The van der Waals surface area contributed by atoms with Crippen molar-refractivity contribution >= 4 is 11.7 Å². The number of carboxylic acid groups (broad SMARTS) is 1. The number of rotatable bonds is 4. The van der Waals surface area contributed by atoms with Gasteiger partial charge in [-0.25, -0.2) is 9.18 Å². The van der Waals surface area contributed by atoms with Crippen molar-refractivity contribution in [1.82, 2.24) is 0 Å². The van der Waals surface area contributed by atoms with Crippen molar-refractivity contribution in [3.8, 4) is 0 Å². The van der Waals surface area contributed by atoms with Crippen LogP contribution >= 0.6 is 0 Å². The Morgan fingerprint density at radius 2 is 2.19 bits per heavy atom. The summed E-state index contributed by atoms with van der Waals surface area (Å²) >= 11 is 0. The molecule has 0 radical (unpaired) electrons. The minimum absolute atomic E-state index is 0.0808. The van der Waals surface area contributed by atoms with Gasteiger partial charge in [0.25, 0.3) is 0 Å². The number of halogens is 1. The lowest BCUT2D eigenvalue weighted by Crippen LogP contribution is -2.27. The van der Waals surface area contributed by atoms with Crippen LogP contribution in [0.5, 0.6) is 0 Å². The first-order valence-electron chi connectivity index (χ1n) is 4.99. The van der Waals surface area contributed by atoms with E-state index in [2.05, 4.69) is 5.32 Å². The lowest BCUT2D eigenvalue weighted by Gasteiger charge is -2.17. The topological polar surface area (TPSA) is 69.6 Å². The van der Waals surface area contributed by atoms with Gasteiger partial charge in [0.1, 0.15) is 11.4 Å². The summed E-state index contributed by atoms with van der Waals surface area (Å²) in [5, 5.41) is 20.9. The van der Waals surface area contributed by atoms with Gasteiger partial charge in [-0.2, -0.15) is 0 Å². The molecule has 1 saturated carbocycles. The number of aliphatic hydroxyl groups is 1. The van der Waals surface area contributed by atoms with E-state index in [1.807, 2.05) is 0 Å². The van der Waals surface area contributed by atoms with Crippen LogP contribution < -0.4 is 5.32 Å². The van der Waals surface area contributed by atoms with Gasteiger partial charge in [-0.05, 0) is 25.0 Å². The molecule has 1 aromatic rings. The summed E-state index contributed by atoms with van der Waals surface area (Å²) in [5.41, 5.74) is -0.612. The molecular weight excluding hydrogens is 213 g/mol. The molecule has 0 atom stereocenters. The molecule has 5 heteroatoms. The van der Waals surface area contributed by atoms with Crippen LogP contribution in [-0.2, 0) is 0 Å². The Hall–Kier alpha value is -1.62. The van der Waals surface area contributed by atoms with Gasteiger partial charge in [0.15, 0.2) is 0 Å². The molecule has 2 rings (SSSR count). The molecule has 0 saturated heterocycles. The third-order valence-corrected chi connectivity index (χ3v) is 2.78. The number of carbonyl (C=O) groups is 1. The van der Waals surface area contributed by atoms with E-state index in [9.17, 15) is 9.18 Å². The van der Waals surface area contributed by atoms with Crippen molar-refractivity contribution in [2.75, 3.05) is 11.9 Å². The van der Waals surface area contributed by atoms with Gasteiger partial charge in [-0.1, -0.05) is 6.07 Å². The molecule has 0 unspecified atom stereocenters. The van der Waals surface area contributed by atoms with Crippen LogP contribution in [0, 0.1) is 5.82 Å².